The Morgan fingerprint density at radius 3 is 2.70 bits per heavy atom. The molecule has 0 saturated heterocycles. The van der Waals surface area contributed by atoms with Crippen molar-refractivity contribution in [3.8, 4) is 22.8 Å². The Balaban J connectivity index is 1.76. The largest absolute Gasteiger partial charge is 0.493 e. The highest BCUT2D eigenvalue weighted by atomic mass is 16.5. The van der Waals surface area contributed by atoms with Gasteiger partial charge in [-0.25, -0.2) is 15.0 Å². The number of hydrazone groups is 1. The normalized spacial score (nSPS) is 10.6. The lowest BCUT2D eigenvalue weighted by Gasteiger charge is -2.13. The van der Waals surface area contributed by atoms with E-state index in [-0.39, 0.29) is 29.4 Å². The summed E-state index contributed by atoms with van der Waals surface area (Å²) in [5, 5.41) is 3.82. The van der Waals surface area contributed by atoms with Crippen LogP contribution in [0.1, 0.15) is 21.7 Å². The summed E-state index contributed by atoms with van der Waals surface area (Å²) < 4.78 is 15.7. The van der Waals surface area contributed by atoms with Crippen LogP contribution in [0.5, 0.6) is 11.5 Å². The second-order valence-corrected chi connectivity index (χ2v) is 6.58. The lowest BCUT2D eigenvalue weighted by Crippen LogP contribution is -2.24. The smallest absolute Gasteiger partial charge is 0.345 e. The fraction of sp³-hybridized carbons (Fsp3) is 0.182. The van der Waals surface area contributed by atoms with Crippen LogP contribution in [0.4, 0.5) is 0 Å². The maximum absolute atomic E-state index is 12.2. The van der Waals surface area contributed by atoms with Gasteiger partial charge >= 0.3 is 11.7 Å². The van der Waals surface area contributed by atoms with Crippen LogP contribution >= 0.6 is 0 Å². The second-order valence-electron chi connectivity index (χ2n) is 6.58. The minimum atomic E-state index is -0.645. The number of esters is 1. The van der Waals surface area contributed by atoms with Crippen molar-refractivity contribution in [1.29, 1.82) is 0 Å². The minimum Gasteiger partial charge on any atom is -0.493 e. The molecule has 0 radical (unpaired) electrons. The summed E-state index contributed by atoms with van der Waals surface area (Å²) in [5.41, 5.74) is 3.32. The fourth-order valence-corrected chi connectivity index (χ4v) is 2.88. The molecule has 0 fully saturated rings. The molecule has 0 bridgehead atoms. The Hall–Kier alpha value is -4.54. The summed E-state index contributed by atoms with van der Waals surface area (Å²) >= 11 is 0. The monoisotopic (exact) mass is 451 g/mol. The fourth-order valence-electron chi connectivity index (χ4n) is 2.88. The summed E-state index contributed by atoms with van der Waals surface area (Å²) in [7, 11) is 2.65. The molecule has 0 atom stereocenters. The first-order valence-corrected chi connectivity index (χ1v) is 9.66. The number of aromatic nitrogens is 3. The molecule has 11 heteroatoms. The third-order valence-corrected chi connectivity index (χ3v) is 4.38. The van der Waals surface area contributed by atoms with Crippen molar-refractivity contribution < 1.29 is 23.8 Å². The Kier molecular flexibility index (Phi) is 7.47. The first-order chi connectivity index (χ1) is 15.9. The van der Waals surface area contributed by atoms with E-state index in [1.807, 2.05) is 0 Å². The van der Waals surface area contributed by atoms with Crippen molar-refractivity contribution in [1.82, 2.24) is 20.4 Å². The number of nitrogens with one attached hydrogen (secondary N) is 2. The lowest BCUT2D eigenvalue weighted by atomic mass is 10.0. The number of methoxy groups -OCH3 is 2. The van der Waals surface area contributed by atoms with E-state index in [0.29, 0.717) is 17.0 Å². The van der Waals surface area contributed by atoms with Gasteiger partial charge in [0.15, 0.2) is 18.1 Å². The number of aromatic amines is 1. The van der Waals surface area contributed by atoms with Crippen molar-refractivity contribution in [2.24, 2.45) is 5.10 Å². The van der Waals surface area contributed by atoms with Crippen LogP contribution in [0.2, 0.25) is 0 Å². The zero-order chi connectivity index (χ0) is 23.8. The predicted molar refractivity (Wildman–Crippen MR) is 118 cm³/mol. The lowest BCUT2D eigenvalue weighted by molar-refractivity contribution is -0.123. The highest BCUT2D eigenvalue weighted by Gasteiger charge is 2.20. The standard InChI is InChI=1S/C22H21N5O6/c1-13-19(21(29)32-3)20(26-22(30)25-13)14-7-8-16(17(10-14)31-2)33-12-18(28)27-24-11-15-6-4-5-9-23-15/h4-11H,12H2,1-3H3,(H,27,28)(H,25,26,30)/b24-11-. The summed E-state index contributed by atoms with van der Waals surface area (Å²) in [4.78, 5) is 46.6. The van der Waals surface area contributed by atoms with Crippen molar-refractivity contribution in [2.45, 2.75) is 6.92 Å². The summed E-state index contributed by atoms with van der Waals surface area (Å²) in [6.45, 7) is 1.24. The van der Waals surface area contributed by atoms with E-state index >= 15 is 0 Å². The Morgan fingerprint density at radius 2 is 2.00 bits per heavy atom. The van der Waals surface area contributed by atoms with Gasteiger partial charge in [0.25, 0.3) is 5.91 Å². The molecular formula is C22H21N5O6. The number of aryl methyl sites for hydroxylation is 1. The van der Waals surface area contributed by atoms with Crippen molar-refractivity contribution in [3.63, 3.8) is 0 Å². The Bertz CT molecular complexity index is 1240. The van der Waals surface area contributed by atoms with Gasteiger partial charge < -0.3 is 19.2 Å². The van der Waals surface area contributed by atoms with Crippen molar-refractivity contribution in [2.75, 3.05) is 20.8 Å². The number of carbonyl (C=O) groups is 2. The minimum absolute atomic E-state index is 0.123. The molecule has 0 aliphatic rings. The Morgan fingerprint density at radius 1 is 1.18 bits per heavy atom. The van der Waals surface area contributed by atoms with Crippen LogP contribution < -0.4 is 20.6 Å². The van der Waals surface area contributed by atoms with Gasteiger partial charge in [-0.1, -0.05) is 6.07 Å². The van der Waals surface area contributed by atoms with Crippen LogP contribution in [-0.4, -0.2) is 53.9 Å². The molecule has 0 spiro atoms. The molecule has 2 N–H and O–H groups in total. The molecule has 1 amide bonds. The average Bonchev–Trinajstić information content (AvgIpc) is 2.82. The van der Waals surface area contributed by atoms with Gasteiger partial charge in [-0.05, 0) is 37.3 Å². The molecule has 2 heterocycles. The average molecular weight is 451 g/mol. The van der Waals surface area contributed by atoms with E-state index in [1.54, 1.807) is 43.5 Å². The predicted octanol–water partition coefficient (Wildman–Crippen LogP) is 1.46. The third-order valence-electron chi connectivity index (χ3n) is 4.38. The number of rotatable bonds is 8. The van der Waals surface area contributed by atoms with Crippen molar-refractivity contribution in [3.05, 3.63) is 70.0 Å². The quantitative estimate of drug-likeness (QED) is 0.297. The zero-order valence-electron chi connectivity index (χ0n) is 18.1. The summed E-state index contributed by atoms with van der Waals surface area (Å²) in [5.74, 6) is -0.597. The summed E-state index contributed by atoms with van der Waals surface area (Å²) in [6.07, 6.45) is 3.02. The highest BCUT2D eigenvalue weighted by Crippen LogP contribution is 2.33. The third kappa shape index (κ3) is 5.79. The number of pyridine rings is 1. The highest BCUT2D eigenvalue weighted by molar-refractivity contribution is 5.97. The molecular weight excluding hydrogens is 430 g/mol. The molecule has 3 rings (SSSR count). The van der Waals surface area contributed by atoms with Gasteiger partial charge in [0.2, 0.25) is 0 Å². The Labute approximate surface area is 188 Å². The van der Waals surface area contributed by atoms with Crippen molar-refractivity contribution >= 4 is 18.1 Å². The van der Waals surface area contributed by atoms with Gasteiger partial charge in [0.1, 0.15) is 5.56 Å². The van der Waals surface area contributed by atoms with Crippen LogP contribution in [0, 0.1) is 6.92 Å². The zero-order valence-corrected chi connectivity index (χ0v) is 18.1. The van der Waals surface area contributed by atoms with Gasteiger partial charge in [-0.2, -0.15) is 10.1 Å². The van der Waals surface area contributed by atoms with E-state index in [9.17, 15) is 14.4 Å². The van der Waals surface area contributed by atoms with Crippen LogP contribution in [-0.2, 0) is 9.53 Å². The van der Waals surface area contributed by atoms with E-state index in [4.69, 9.17) is 14.2 Å². The van der Waals surface area contributed by atoms with Crippen LogP contribution in [0.15, 0.2) is 52.5 Å². The van der Waals surface area contributed by atoms with E-state index in [1.165, 1.54) is 26.5 Å². The second kappa shape index (κ2) is 10.7. The van der Waals surface area contributed by atoms with Gasteiger partial charge in [-0.15, -0.1) is 0 Å². The molecule has 0 aliphatic heterocycles. The number of hydrogen-bond donors (Lipinski definition) is 2. The number of hydrogen-bond acceptors (Lipinski definition) is 9. The maximum Gasteiger partial charge on any atom is 0.345 e. The number of carbonyl (C=O) groups excluding carboxylic acids is 2. The van der Waals surface area contributed by atoms with E-state index in [0.717, 1.165) is 0 Å². The van der Waals surface area contributed by atoms with Gasteiger partial charge in [-0.3, -0.25) is 9.78 Å². The van der Waals surface area contributed by atoms with Crippen LogP contribution in [0.3, 0.4) is 0 Å². The van der Waals surface area contributed by atoms with Gasteiger partial charge in [0, 0.05) is 17.5 Å². The number of nitrogens with zero attached hydrogens (tertiary/aromatic N) is 3. The van der Waals surface area contributed by atoms with E-state index in [2.05, 4.69) is 25.5 Å². The molecule has 170 valence electrons. The SMILES string of the molecule is COC(=O)c1c(-c2ccc(OCC(=O)N/N=C\c3ccccn3)c(OC)c2)nc(=O)[nH]c1C. The molecule has 1 aromatic carbocycles. The molecule has 3 aromatic rings. The number of H-pyrrole nitrogens is 1. The maximum atomic E-state index is 12.2. The summed E-state index contributed by atoms with van der Waals surface area (Å²) in [6, 6.07) is 9.97. The van der Waals surface area contributed by atoms with E-state index < -0.39 is 17.6 Å². The number of benzene rings is 1. The van der Waals surface area contributed by atoms with Crippen LogP contribution in [0.25, 0.3) is 11.3 Å². The molecule has 2 aromatic heterocycles. The first-order valence-electron chi connectivity index (χ1n) is 9.66. The molecule has 11 nitrogen and oxygen atoms in total. The molecule has 0 unspecified atom stereocenters. The topological polar surface area (TPSA) is 145 Å². The molecule has 0 saturated carbocycles. The molecule has 33 heavy (non-hydrogen) atoms. The number of ether oxygens (including phenoxy) is 3. The van der Waals surface area contributed by atoms with Gasteiger partial charge in [0.05, 0.1) is 31.8 Å². The molecule has 0 aliphatic carbocycles. The first kappa shape index (κ1) is 23.1. The number of amides is 1.